The summed E-state index contributed by atoms with van der Waals surface area (Å²) >= 11 is 0. The van der Waals surface area contributed by atoms with Gasteiger partial charge in [-0.3, -0.25) is 0 Å². The van der Waals surface area contributed by atoms with Gasteiger partial charge in [0.15, 0.2) is 0 Å². The summed E-state index contributed by atoms with van der Waals surface area (Å²) in [5.41, 5.74) is 1.90. The van der Waals surface area contributed by atoms with E-state index in [9.17, 15) is 4.79 Å². The van der Waals surface area contributed by atoms with E-state index in [1.807, 2.05) is 18.2 Å². The lowest BCUT2D eigenvalue weighted by Crippen LogP contribution is -2.08. The van der Waals surface area contributed by atoms with Gasteiger partial charge in [-0.15, -0.1) is 0 Å². The molecule has 21 heavy (non-hydrogen) atoms. The summed E-state index contributed by atoms with van der Waals surface area (Å²) in [4.78, 5) is 12.0. The Morgan fingerprint density at radius 3 is 2.62 bits per heavy atom. The number of methoxy groups -OCH3 is 1. The molecule has 2 aromatic rings. The Labute approximate surface area is 123 Å². The van der Waals surface area contributed by atoms with Crippen LogP contribution in [0.4, 0.5) is 0 Å². The van der Waals surface area contributed by atoms with Gasteiger partial charge in [0.1, 0.15) is 5.75 Å². The van der Waals surface area contributed by atoms with Gasteiger partial charge < -0.3 is 9.47 Å². The van der Waals surface area contributed by atoms with Crippen LogP contribution in [0, 0.1) is 11.3 Å². The van der Waals surface area contributed by atoms with Crippen molar-refractivity contribution in [1.82, 2.24) is 0 Å². The predicted molar refractivity (Wildman–Crippen MR) is 78.1 cm³/mol. The molecule has 4 heteroatoms. The highest BCUT2D eigenvalue weighted by atomic mass is 16.5. The average Bonchev–Trinajstić information content (AvgIpc) is 2.54. The van der Waals surface area contributed by atoms with Crippen LogP contribution in [0.25, 0.3) is 0 Å². The van der Waals surface area contributed by atoms with Crippen molar-refractivity contribution in [3.63, 3.8) is 0 Å². The molecule has 0 aromatic heterocycles. The summed E-state index contributed by atoms with van der Waals surface area (Å²) in [6.45, 7) is 0.653. The molecule has 0 spiro atoms. The first-order valence-electron chi connectivity index (χ1n) is 6.53. The molecule has 2 rings (SSSR count). The Balaban J connectivity index is 2.03. The van der Waals surface area contributed by atoms with Gasteiger partial charge in [-0.2, -0.15) is 5.26 Å². The quantitative estimate of drug-likeness (QED) is 0.624. The molecule has 0 bridgehead atoms. The molecular weight excluding hydrogens is 266 g/mol. The largest absolute Gasteiger partial charge is 0.423 e. The smallest absolute Gasteiger partial charge is 0.343 e. The van der Waals surface area contributed by atoms with Gasteiger partial charge in [0.05, 0.1) is 23.8 Å². The van der Waals surface area contributed by atoms with E-state index in [0.29, 0.717) is 23.5 Å². The molecule has 4 nitrogen and oxygen atoms in total. The van der Waals surface area contributed by atoms with Crippen molar-refractivity contribution in [1.29, 1.82) is 5.26 Å². The fourth-order valence-corrected chi connectivity index (χ4v) is 1.83. The first kappa shape index (κ1) is 14.8. The maximum Gasteiger partial charge on any atom is 0.343 e. The fourth-order valence-electron chi connectivity index (χ4n) is 1.83. The number of benzene rings is 2. The van der Waals surface area contributed by atoms with Crippen molar-refractivity contribution in [2.45, 2.75) is 6.42 Å². The number of hydrogen-bond donors (Lipinski definition) is 0. The topological polar surface area (TPSA) is 59.3 Å². The van der Waals surface area contributed by atoms with Gasteiger partial charge in [0.2, 0.25) is 0 Å². The van der Waals surface area contributed by atoms with Crippen molar-refractivity contribution in [2.75, 3.05) is 13.7 Å². The number of rotatable bonds is 5. The maximum atomic E-state index is 12.0. The molecule has 0 aliphatic rings. The van der Waals surface area contributed by atoms with E-state index >= 15 is 0 Å². The SMILES string of the molecule is COCCc1ccc(OC(=O)c2cccc(C#N)c2)cc1. The van der Waals surface area contributed by atoms with E-state index in [1.165, 1.54) is 6.07 Å². The summed E-state index contributed by atoms with van der Waals surface area (Å²) < 4.78 is 10.3. The minimum absolute atomic E-state index is 0.359. The van der Waals surface area contributed by atoms with E-state index in [-0.39, 0.29) is 0 Å². The first-order valence-corrected chi connectivity index (χ1v) is 6.53. The van der Waals surface area contributed by atoms with Crippen LogP contribution in [0.3, 0.4) is 0 Å². The molecule has 0 fully saturated rings. The zero-order valence-corrected chi connectivity index (χ0v) is 11.7. The molecule has 106 valence electrons. The Hall–Kier alpha value is -2.64. The minimum Gasteiger partial charge on any atom is -0.423 e. The van der Waals surface area contributed by atoms with Crippen molar-refractivity contribution >= 4 is 5.97 Å². The van der Waals surface area contributed by atoms with Crippen LogP contribution in [0.2, 0.25) is 0 Å². The lowest BCUT2D eigenvalue weighted by Gasteiger charge is -2.06. The minimum atomic E-state index is -0.475. The summed E-state index contributed by atoms with van der Waals surface area (Å²) in [7, 11) is 1.66. The standard InChI is InChI=1S/C17H15NO3/c1-20-10-9-13-5-7-16(8-6-13)21-17(19)15-4-2-3-14(11-15)12-18/h2-8,11H,9-10H2,1H3. The van der Waals surface area contributed by atoms with Crippen molar-refractivity contribution in [2.24, 2.45) is 0 Å². The zero-order chi connectivity index (χ0) is 15.1. The highest BCUT2D eigenvalue weighted by Crippen LogP contribution is 2.15. The second-order valence-electron chi connectivity index (χ2n) is 4.47. The second kappa shape index (κ2) is 7.22. The fraction of sp³-hybridized carbons (Fsp3) is 0.176. The molecule has 0 unspecified atom stereocenters. The van der Waals surface area contributed by atoms with E-state index in [2.05, 4.69) is 0 Å². The van der Waals surface area contributed by atoms with E-state index in [0.717, 1.165) is 12.0 Å². The molecular formula is C17H15NO3. The van der Waals surface area contributed by atoms with Gasteiger partial charge in [0.25, 0.3) is 0 Å². The lowest BCUT2D eigenvalue weighted by molar-refractivity contribution is 0.0734. The van der Waals surface area contributed by atoms with E-state index < -0.39 is 5.97 Å². The van der Waals surface area contributed by atoms with Crippen molar-refractivity contribution < 1.29 is 14.3 Å². The molecule has 0 saturated heterocycles. The summed E-state index contributed by atoms with van der Waals surface area (Å²) in [6.07, 6.45) is 0.814. The van der Waals surface area contributed by atoms with Crippen molar-refractivity contribution in [3.8, 4) is 11.8 Å². The van der Waals surface area contributed by atoms with Crippen LogP contribution in [0.15, 0.2) is 48.5 Å². The van der Waals surface area contributed by atoms with Crippen LogP contribution in [0.1, 0.15) is 21.5 Å². The van der Waals surface area contributed by atoms with Crippen LogP contribution in [-0.2, 0) is 11.2 Å². The molecule has 0 radical (unpaired) electrons. The van der Waals surface area contributed by atoms with Gasteiger partial charge >= 0.3 is 5.97 Å². The number of nitrogens with zero attached hydrogens (tertiary/aromatic N) is 1. The number of esters is 1. The molecule has 0 N–H and O–H groups in total. The molecule has 0 atom stereocenters. The van der Waals surface area contributed by atoms with Crippen LogP contribution < -0.4 is 4.74 Å². The Morgan fingerprint density at radius 1 is 1.19 bits per heavy atom. The highest BCUT2D eigenvalue weighted by Gasteiger charge is 2.09. The monoisotopic (exact) mass is 281 g/mol. The molecule has 2 aromatic carbocycles. The first-order chi connectivity index (χ1) is 10.2. The van der Waals surface area contributed by atoms with Gasteiger partial charge in [-0.05, 0) is 42.3 Å². The maximum absolute atomic E-state index is 12.0. The van der Waals surface area contributed by atoms with E-state index in [4.69, 9.17) is 14.7 Å². The average molecular weight is 281 g/mol. The number of carbonyl (C=O) groups excluding carboxylic acids is 1. The number of hydrogen-bond acceptors (Lipinski definition) is 4. The Morgan fingerprint density at radius 2 is 1.95 bits per heavy atom. The number of nitriles is 1. The molecule has 0 saturated carbocycles. The second-order valence-corrected chi connectivity index (χ2v) is 4.47. The van der Waals surface area contributed by atoms with Gasteiger partial charge in [-0.1, -0.05) is 18.2 Å². The van der Waals surface area contributed by atoms with Crippen molar-refractivity contribution in [3.05, 3.63) is 65.2 Å². The van der Waals surface area contributed by atoms with Crippen LogP contribution in [-0.4, -0.2) is 19.7 Å². The third kappa shape index (κ3) is 4.16. The summed E-state index contributed by atoms with van der Waals surface area (Å²) in [5.74, 6) is 0.000249. The molecule has 0 amide bonds. The number of ether oxygens (including phenoxy) is 2. The highest BCUT2D eigenvalue weighted by molar-refractivity contribution is 5.91. The van der Waals surface area contributed by atoms with Crippen LogP contribution >= 0.6 is 0 Å². The molecule has 0 aliphatic heterocycles. The van der Waals surface area contributed by atoms with Gasteiger partial charge in [-0.25, -0.2) is 4.79 Å². The summed E-state index contributed by atoms with van der Waals surface area (Å²) in [5, 5.41) is 8.82. The third-order valence-corrected chi connectivity index (χ3v) is 2.96. The Kier molecular flexibility index (Phi) is 5.08. The molecule has 0 heterocycles. The predicted octanol–water partition coefficient (Wildman–Crippen LogP) is 2.97. The third-order valence-electron chi connectivity index (χ3n) is 2.96. The lowest BCUT2D eigenvalue weighted by atomic mass is 10.1. The van der Waals surface area contributed by atoms with E-state index in [1.54, 1.807) is 37.4 Å². The number of carbonyl (C=O) groups is 1. The normalized spacial score (nSPS) is 9.90. The molecule has 0 aliphatic carbocycles. The van der Waals surface area contributed by atoms with Crippen LogP contribution in [0.5, 0.6) is 5.75 Å². The zero-order valence-electron chi connectivity index (χ0n) is 11.7. The summed E-state index contributed by atoms with van der Waals surface area (Å²) in [6, 6.07) is 15.7. The van der Waals surface area contributed by atoms with Gasteiger partial charge in [0, 0.05) is 7.11 Å². The Bertz CT molecular complexity index is 656.